The number of nitrogens with one attached hydrogen (secondary N) is 1. The number of carbonyl (C=O) groups excluding carboxylic acids is 2. The number of ketones is 1. The second-order valence-corrected chi connectivity index (χ2v) is 7.22. The third-order valence-electron chi connectivity index (χ3n) is 4.94. The first kappa shape index (κ1) is 19.8. The Morgan fingerprint density at radius 3 is 2.40 bits per heavy atom. The Morgan fingerprint density at radius 2 is 1.84 bits per heavy atom. The van der Waals surface area contributed by atoms with E-state index in [0.717, 1.165) is 57.0 Å². The molecule has 0 radical (unpaired) electrons. The molecule has 6 nitrogen and oxygen atoms in total. The molecule has 142 valence electrons. The maximum Gasteiger partial charge on any atom is 0.310 e. The van der Waals surface area contributed by atoms with Crippen LogP contribution >= 0.6 is 0 Å². The summed E-state index contributed by atoms with van der Waals surface area (Å²) in [5.41, 5.74) is 1.92. The predicted molar refractivity (Wildman–Crippen MR) is 97.9 cm³/mol. The standard InChI is InChI=1S/C19H33N3O3/c1-5-25-19(24)16-7-6-10-22(13-16)18(15(4)23)17(14(2)3)21-11-8-20-9-12-21/h14,16,20H,5-13H2,1-4H3/b18-17-. The highest BCUT2D eigenvalue weighted by Gasteiger charge is 2.32. The smallest absolute Gasteiger partial charge is 0.310 e. The van der Waals surface area contributed by atoms with Crippen molar-refractivity contribution in [2.45, 2.75) is 40.5 Å². The second-order valence-electron chi connectivity index (χ2n) is 7.22. The number of carbonyl (C=O) groups is 2. The molecule has 0 saturated carbocycles. The number of rotatable bonds is 6. The van der Waals surface area contributed by atoms with Crippen LogP contribution in [0.4, 0.5) is 0 Å². The molecule has 2 saturated heterocycles. The van der Waals surface area contributed by atoms with Crippen molar-refractivity contribution in [2.75, 3.05) is 45.9 Å². The molecule has 1 atom stereocenters. The number of piperidine rings is 1. The molecule has 2 rings (SSSR count). The lowest BCUT2D eigenvalue weighted by Crippen LogP contribution is -2.47. The summed E-state index contributed by atoms with van der Waals surface area (Å²) in [6.07, 6.45) is 1.75. The van der Waals surface area contributed by atoms with E-state index in [1.54, 1.807) is 6.92 Å². The van der Waals surface area contributed by atoms with Gasteiger partial charge in [0.15, 0.2) is 5.78 Å². The fourth-order valence-electron chi connectivity index (χ4n) is 3.89. The van der Waals surface area contributed by atoms with Crippen molar-refractivity contribution >= 4 is 11.8 Å². The number of Topliss-reactive ketones (excluding diaryl/α,β-unsaturated/α-hetero) is 1. The highest BCUT2D eigenvalue weighted by atomic mass is 16.5. The van der Waals surface area contributed by atoms with Gasteiger partial charge in [0.05, 0.1) is 18.2 Å². The zero-order chi connectivity index (χ0) is 18.4. The van der Waals surface area contributed by atoms with Crippen molar-refractivity contribution in [3.05, 3.63) is 11.4 Å². The van der Waals surface area contributed by atoms with Gasteiger partial charge in [0, 0.05) is 51.9 Å². The first-order valence-electron chi connectivity index (χ1n) is 9.58. The monoisotopic (exact) mass is 351 g/mol. The second kappa shape index (κ2) is 9.22. The Balaban J connectivity index is 2.30. The molecule has 0 bridgehead atoms. The zero-order valence-corrected chi connectivity index (χ0v) is 16.1. The van der Waals surface area contributed by atoms with Gasteiger partial charge in [0.25, 0.3) is 0 Å². The Labute approximate surface area is 151 Å². The quantitative estimate of drug-likeness (QED) is 0.580. The van der Waals surface area contributed by atoms with Gasteiger partial charge in [0.1, 0.15) is 0 Å². The molecule has 0 spiro atoms. The number of piperazine rings is 1. The lowest BCUT2D eigenvalue weighted by atomic mass is 9.95. The molecule has 0 aromatic rings. The van der Waals surface area contributed by atoms with Crippen molar-refractivity contribution in [3.63, 3.8) is 0 Å². The summed E-state index contributed by atoms with van der Waals surface area (Å²) in [7, 11) is 0. The van der Waals surface area contributed by atoms with Crippen LogP contribution in [0.3, 0.4) is 0 Å². The van der Waals surface area contributed by atoms with Crippen molar-refractivity contribution < 1.29 is 14.3 Å². The minimum absolute atomic E-state index is 0.0896. The van der Waals surface area contributed by atoms with Crippen LogP contribution in [0.5, 0.6) is 0 Å². The Hall–Kier alpha value is -1.56. The summed E-state index contributed by atoms with van der Waals surface area (Å²) < 4.78 is 5.21. The van der Waals surface area contributed by atoms with Crippen molar-refractivity contribution in [1.82, 2.24) is 15.1 Å². The number of esters is 1. The predicted octanol–water partition coefficient (Wildman–Crippen LogP) is 1.62. The first-order chi connectivity index (χ1) is 12.0. The molecule has 25 heavy (non-hydrogen) atoms. The number of nitrogens with zero attached hydrogens (tertiary/aromatic N) is 2. The summed E-state index contributed by atoms with van der Waals surface area (Å²) in [6.45, 7) is 13.3. The van der Waals surface area contributed by atoms with Crippen molar-refractivity contribution in [3.8, 4) is 0 Å². The van der Waals surface area contributed by atoms with Crippen LogP contribution in [-0.2, 0) is 14.3 Å². The number of allylic oxidation sites excluding steroid dienone is 2. The highest BCUT2D eigenvalue weighted by molar-refractivity contribution is 5.93. The number of hydrogen-bond acceptors (Lipinski definition) is 6. The molecule has 0 amide bonds. The van der Waals surface area contributed by atoms with E-state index in [2.05, 4.69) is 29.0 Å². The van der Waals surface area contributed by atoms with E-state index in [1.165, 1.54) is 0 Å². The van der Waals surface area contributed by atoms with Gasteiger partial charge in [-0.25, -0.2) is 0 Å². The average molecular weight is 351 g/mol. The van der Waals surface area contributed by atoms with Gasteiger partial charge in [0.2, 0.25) is 0 Å². The van der Waals surface area contributed by atoms with Crippen LogP contribution in [0.25, 0.3) is 0 Å². The molecular weight excluding hydrogens is 318 g/mol. The van der Waals surface area contributed by atoms with Gasteiger partial charge < -0.3 is 19.9 Å². The Bertz CT molecular complexity index is 510. The Morgan fingerprint density at radius 1 is 1.16 bits per heavy atom. The maximum absolute atomic E-state index is 12.6. The third kappa shape index (κ3) is 4.97. The fourth-order valence-corrected chi connectivity index (χ4v) is 3.89. The molecule has 2 fully saturated rings. The molecule has 1 N–H and O–H groups in total. The number of hydrogen-bond donors (Lipinski definition) is 1. The first-order valence-corrected chi connectivity index (χ1v) is 9.58. The molecule has 0 aromatic carbocycles. The summed E-state index contributed by atoms with van der Waals surface area (Å²) >= 11 is 0. The van der Waals surface area contributed by atoms with Crippen LogP contribution < -0.4 is 5.32 Å². The van der Waals surface area contributed by atoms with Crippen LogP contribution in [0.1, 0.15) is 40.5 Å². The van der Waals surface area contributed by atoms with Crippen LogP contribution in [0.2, 0.25) is 0 Å². The molecule has 2 aliphatic rings. The van der Waals surface area contributed by atoms with Gasteiger partial charge in [-0.15, -0.1) is 0 Å². The van der Waals surface area contributed by atoms with Crippen LogP contribution in [-0.4, -0.2) is 67.4 Å². The van der Waals surface area contributed by atoms with Gasteiger partial charge in [-0.3, -0.25) is 9.59 Å². The van der Waals surface area contributed by atoms with Gasteiger partial charge in [-0.1, -0.05) is 13.8 Å². The normalized spacial score (nSPS) is 22.7. The summed E-state index contributed by atoms with van der Waals surface area (Å²) in [4.78, 5) is 29.2. The average Bonchev–Trinajstić information content (AvgIpc) is 2.60. The molecule has 2 aliphatic heterocycles. The lowest BCUT2D eigenvalue weighted by molar-refractivity contribution is -0.149. The van der Waals surface area contributed by atoms with Gasteiger partial charge in [-0.05, 0) is 25.7 Å². The minimum Gasteiger partial charge on any atom is -0.466 e. The minimum atomic E-state index is -0.139. The van der Waals surface area contributed by atoms with Gasteiger partial charge >= 0.3 is 5.97 Å². The van der Waals surface area contributed by atoms with E-state index >= 15 is 0 Å². The molecule has 1 unspecified atom stereocenters. The fraction of sp³-hybridized carbons (Fsp3) is 0.789. The van der Waals surface area contributed by atoms with E-state index < -0.39 is 0 Å². The number of ether oxygens (including phenoxy) is 1. The maximum atomic E-state index is 12.6. The van der Waals surface area contributed by atoms with E-state index in [1.807, 2.05) is 6.92 Å². The molecular formula is C19H33N3O3. The topological polar surface area (TPSA) is 61.9 Å². The Kier molecular flexibility index (Phi) is 7.29. The zero-order valence-electron chi connectivity index (χ0n) is 16.1. The third-order valence-corrected chi connectivity index (χ3v) is 4.94. The van der Waals surface area contributed by atoms with Crippen molar-refractivity contribution in [1.29, 1.82) is 0 Å². The van der Waals surface area contributed by atoms with Crippen LogP contribution in [0, 0.1) is 11.8 Å². The lowest BCUT2D eigenvalue weighted by Gasteiger charge is -2.40. The van der Waals surface area contributed by atoms with E-state index in [0.29, 0.717) is 13.2 Å². The van der Waals surface area contributed by atoms with Crippen LogP contribution in [0.15, 0.2) is 11.4 Å². The molecule has 6 heteroatoms. The molecule has 0 aromatic heterocycles. The summed E-state index contributed by atoms with van der Waals surface area (Å²) in [6, 6.07) is 0. The van der Waals surface area contributed by atoms with Crippen molar-refractivity contribution in [2.24, 2.45) is 11.8 Å². The summed E-state index contributed by atoms with van der Waals surface area (Å²) in [5, 5.41) is 3.37. The largest absolute Gasteiger partial charge is 0.466 e. The van der Waals surface area contributed by atoms with Gasteiger partial charge in [-0.2, -0.15) is 0 Å². The van der Waals surface area contributed by atoms with E-state index in [-0.39, 0.29) is 23.6 Å². The van der Waals surface area contributed by atoms with E-state index in [9.17, 15) is 9.59 Å². The highest BCUT2D eigenvalue weighted by Crippen LogP contribution is 2.28. The number of likely N-dealkylation sites (tertiary alicyclic amines) is 1. The SMILES string of the molecule is CCOC(=O)C1CCCN(/C(C(C)=O)=C(/C(C)C)N2CCNCC2)C1. The molecule has 0 aliphatic carbocycles. The van der Waals surface area contributed by atoms with E-state index in [4.69, 9.17) is 4.74 Å². The summed E-state index contributed by atoms with van der Waals surface area (Å²) in [5.74, 6) is 0.0783. The molecule has 2 heterocycles.